The zero-order valence-electron chi connectivity index (χ0n) is 18.6. The van der Waals surface area contributed by atoms with Crippen molar-refractivity contribution in [3.05, 3.63) is 80.9 Å². The number of rotatable bonds is 6. The number of nitrogens with zero attached hydrogens (tertiary/aromatic N) is 3. The molecule has 0 radical (unpaired) electrons. The lowest BCUT2D eigenvalue weighted by molar-refractivity contribution is -0.151. The van der Waals surface area contributed by atoms with Gasteiger partial charge in [-0.3, -0.25) is 28.3 Å². The molecule has 33 heavy (non-hydrogen) atoms. The Kier molecular flexibility index (Phi) is 6.72. The van der Waals surface area contributed by atoms with E-state index in [1.54, 1.807) is 36.1 Å². The molecule has 0 N–H and O–H groups in total. The molecule has 1 atom stereocenters. The molecule has 0 spiro atoms. The second kappa shape index (κ2) is 9.85. The third-order valence-electron chi connectivity index (χ3n) is 6.01. The average Bonchev–Trinajstić information content (AvgIpc) is 2.85. The van der Waals surface area contributed by atoms with Gasteiger partial charge in [0.2, 0.25) is 5.91 Å². The van der Waals surface area contributed by atoms with E-state index < -0.39 is 11.1 Å². The zero-order valence-corrected chi connectivity index (χ0v) is 18.6. The van der Waals surface area contributed by atoms with Crippen molar-refractivity contribution in [2.45, 2.75) is 32.9 Å². The van der Waals surface area contributed by atoms with Gasteiger partial charge in [-0.2, -0.15) is 0 Å². The Labute approximate surface area is 191 Å². The molecular formula is C25H27N3O5. The largest absolute Gasteiger partial charge is 0.466 e. The van der Waals surface area contributed by atoms with E-state index in [0.717, 1.165) is 5.56 Å². The van der Waals surface area contributed by atoms with Crippen molar-refractivity contribution in [3.8, 4) is 0 Å². The molecule has 8 heteroatoms. The molecule has 1 aromatic heterocycles. The van der Waals surface area contributed by atoms with Crippen molar-refractivity contribution in [3.63, 3.8) is 0 Å². The monoisotopic (exact) mass is 449 g/mol. The smallest absolute Gasteiger partial charge is 0.317 e. The fraction of sp³-hybridized carbons (Fsp3) is 0.360. The molecule has 3 aromatic rings. The highest BCUT2D eigenvalue weighted by Gasteiger charge is 2.30. The molecule has 0 bridgehead atoms. The van der Waals surface area contributed by atoms with Crippen molar-refractivity contribution in [1.82, 2.24) is 14.0 Å². The first-order chi connectivity index (χ1) is 16.0. The molecule has 1 aliphatic heterocycles. The van der Waals surface area contributed by atoms with Crippen molar-refractivity contribution in [1.29, 1.82) is 0 Å². The second-order valence-electron chi connectivity index (χ2n) is 8.19. The summed E-state index contributed by atoms with van der Waals surface area (Å²) in [6, 6.07) is 16.5. The molecule has 4 rings (SSSR count). The van der Waals surface area contributed by atoms with E-state index in [0.29, 0.717) is 37.0 Å². The number of para-hydroxylation sites is 2. The molecule has 0 saturated carbocycles. The van der Waals surface area contributed by atoms with E-state index in [9.17, 15) is 19.2 Å². The van der Waals surface area contributed by atoms with Gasteiger partial charge < -0.3 is 9.64 Å². The van der Waals surface area contributed by atoms with Gasteiger partial charge in [0, 0.05) is 13.1 Å². The number of carbonyl (C=O) groups is 2. The van der Waals surface area contributed by atoms with Crippen molar-refractivity contribution in [2.75, 3.05) is 19.7 Å². The second-order valence-corrected chi connectivity index (χ2v) is 8.19. The maximum atomic E-state index is 13.1. The van der Waals surface area contributed by atoms with E-state index in [2.05, 4.69) is 0 Å². The van der Waals surface area contributed by atoms with Crippen LogP contribution < -0.4 is 11.1 Å². The topological polar surface area (TPSA) is 90.6 Å². The highest BCUT2D eigenvalue weighted by Crippen LogP contribution is 2.19. The molecule has 1 saturated heterocycles. The number of hydrogen-bond acceptors (Lipinski definition) is 5. The standard InChI is InChI=1S/C25H27N3O5/c1-2-33-25(32)19-11-8-14-26(16-19)22(29)17-28-21-13-7-6-12-20(21)27(23(30)24(28)31)15-18-9-4-3-5-10-18/h3-7,9-10,12-13,19H,2,8,11,14-17H2,1H3/t19-/m1/s1. The van der Waals surface area contributed by atoms with Crippen LogP contribution in [0.25, 0.3) is 11.0 Å². The Morgan fingerprint density at radius 1 is 0.939 bits per heavy atom. The van der Waals surface area contributed by atoms with Gasteiger partial charge in [-0.15, -0.1) is 0 Å². The lowest BCUT2D eigenvalue weighted by Crippen LogP contribution is -2.47. The molecule has 0 unspecified atom stereocenters. The van der Waals surface area contributed by atoms with Gasteiger partial charge in [0.15, 0.2) is 0 Å². The Balaban J connectivity index is 1.65. The van der Waals surface area contributed by atoms with Crippen LogP contribution in [0.5, 0.6) is 0 Å². The number of hydrogen-bond donors (Lipinski definition) is 0. The number of piperidine rings is 1. The van der Waals surface area contributed by atoms with E-state index >= 15 is 0 Å². The number of esters is 1. The normalized spacial score (nSPS) is 16.0. The predicted octanol–water partition coefficient (Wildman–Crippen LogP) is 2.01. The van der Waals surface area contributed by atoms with E-state index in [4.69, 9.17) is 4.74 Å². The number of carbonyl (C=O) groups excluding carboxylic acids is 2. The fourth-order valence-electron chi connectivity index (χ4n) is 4.34. The zero-order chi connectivity index (χ0) is 23.4. The first kappa shape index (κ1) is 22.5. The number of ether oxygens (including phenoxy) is 1. The van der Waals surface area contributed by atoms with Crippen LogP contribution in [0.15, 0.2) is 64.2 Å². The van der Waals surface area contributed by atoms with E-state index in [1.165, 1.54) is 9.13 Å². The third-order valence-corrected chi connectivity index (χ3v) is 6.01. The quantitative estimate of drug-likeness (QED) is 0.424. The lowest BCUT2D eigenvalue weighted by Gasteiger charge is -2.31. The van der Waals surface area contributed by atoms with Gasteiger partial charge in [0.05, 0.1) is 30.1 Å². The fourth-order valence-corrected chi connectivity index (χ4v) is 4.34. The number of benzene rings is 2. The number of likely N-dealkylation sites (tertiary alicyclic amines) is 1. The van der Waals surface area contributed by atoms with Gasteiger partial charge in [-0.25, -0.2) is 0 Å². The van der Waals surface area contributed by atoms with Crippen LogP contribution in [0.2, 0.25) is 0 Å². The Bertz CT molecular complexity index is 1280. The number of fused-ring (bicyclic) bond motifs is 1. The van der Waals surface area contributed by atoms with Gasteiger partial charge >= 0.3 is 17.1 Å². The van der Waals surface area contributed by atoms with Crippen LogP contribution >= 0.6 is 0 Å². The molecule has 2 aromatic carbocycles. The minimum absolute atomic E-state index is 0.254. The highest BCUT2D eigenvalue weighted by atomic mass is 16.5. The minimum atomic E-state index is -0.739. The molecule has 8 nitrogen and oxygen atoms in total. The molecule has 172 valence electrons. The Morgan fingerprint density at radius 3 is 2.27 bits per heavy atom. The van der Waals surface area contributed by atoms with E-state index in [-0.39, 0.29) is 37.4 Å². The molecule has 0 aliphatic carbocycles. The molecule has 1 amide bonds. The van der Waals surface area contributed by atoms with Crippen molar-refractivity contribution < 1.29 is 14.3 Å². The van der Waals surface area contributed by atoms with Crippen LogP contribution in [-0.4, -0.2) is 45.6 Å². The number of amides is 1. The minimum Gasteiger partial charge on any atom is -0.466 e. The predicted molar refractivity (Wildman–Crippen MR) is 124 cm³/mol. The van der Waals surface area contributed by atoms with Crippen LogP contribution in [-0.2, 0) is 27.4 Å². The van der Waals surface area contributed by atoms with Crippen molar-refractivity contribution in [2.24, 2.45) is 5.92 Å². The molecule has 2 heterocycles. The van der Waals surface area contributed by atoms with Crippen LogP contribution in [0, 0.1) is 5.92 Å². The summed E-state index contributed by atoms with van der Waals surface area (Å²) in [4.78, 5) is 52.9. The van der Waals surface area contributed by atoms with Gasteiger partial charge in [-0.05, 0) is 37.5 Å². The summed E-state index contributed by atoms with van der Waals surface area (Å²) >= 11 is 0. The lowest BCUT2D eigenvalue weighted by atomic mass is 9.98. The van der Waals surface area contributed by atoms with Gasteiger partial charge in [-0.1, -0.05) is 42.5 Å². The first-order valence-corrected chi connectivity index (χ1v) is 11.2. The first-order valence-electron chi connectivity index (χ1n) is 11.2. The summed E-state index contributed by atoms with van der Waals surface area (Å²) in [5.41, 5.74) is 0.591. The van der Waals surface area contributed by atoms with Crippen molar-refractivity contribution >= 4 is 22.9 Å². The van der Waals surface area contributed by atoms with Gasteiger partial charge in [0.1, 0.15) is 6.54 Å². The summed E-state index contributed by atoms with van der Waals surface area (Å²) < 4.78 is 7.80. The van der Waals surface area contributed by atoms with E-state index in [1.807, 2.05) is 30.3 Å². The Hall–Kier alpha value is -3.68. The summed E-state index contributed by atoms with van der Waals surface area (Å²) in [5.74, 6) is -0.965. The number of aromatic nitrogens is 2. The maximum Gasteiger partial charge on any atom is 0.317 e. The van der Waals surface area contributed by atoms with Crippen LogP contribution in [0.1, 0.15) is 25.3 Å². The molecule has 1 fully saturated rings. The summed E-state index contributed by atoms with van der Waals surface area (Å²) in [6.45, 7) is 2.82. The van der Waals surface area contributed by atoms with Crippen LogP contribution in [0.3, 0.4) is 0 Å². The molecular weight excluding hydrogens is 422 g/mol. The SMILES string of the molecule is CCOC(=O)[C@@H]1CCCN(C(=O)Cn2c(=O)c(=O)n(Cc3ccccc3)c3ccccc32)C1. The third kappa shape index (κ3) is 4.74. The Morgan fingerprint density at radius 2 is 1.58 bits per heavy atom. The maximum absolute atomic E-state index is 13.1. The molecule has 1 aliphatic rings. The van der Waals surface area contributed by atoms with Crippen LogP contribution in [0.4, 0.5) is 0 Å². The average molecular weight is 450 g/mol. The summed E-state index contributed by atoms with van der Waals surface area (Å²) in [5, 5.41) is 0. The highest BCUT2D eigenvalue weighted by molar-refractivity contribution is 5.81. The van der Waals surface area contributed by atoms with Gasteiger partial charge in [0.25, 0.3) is 0 Å². The summed E-state index contributed by atoms with van der Waals surface area (Å²) in [7, 11) is 0. The summed E-state index contributed by atoms with van der Waals surface area (Å²) in [6.07, 6.45) is 1.35.